The van der Waals surface area contributed by atoms with Crippen molar-refractivity contribution < 1.29 is 18.9 Å². The molecule has 0 radical (unpaired) electrons. The summed E-state index contributed by atoms with van der Waals surface area (Å²) in [7, 11) is 3.15. The highest BCUT2D eigenvalue weighted by Crippen LogP contribution is 2.16. The van der Waals surface area contributed by atoms with Crippen molar-refractivity contribution >= 4 is 17.3 Å². The molecule has 5 nitrogen and oxygen atoms in total. The van der Waals surface area contributed by atoms with Crippen LogP contribution in [0.1, 0.15) is 5.56 Å². The predicted octanol–water partition coefficient (Wildman–Crippen LogP) is 2.12. The third-order valence-electron chi connectivity index (χ3n) is 2.67. The monoisotopic (exact) mass is 303 g/mol. The molecule has 1 aromatic carbocycles. The third kappa shape index (κ3) is 7.07. The second-order valence-corrected chi connectivity index (χ2v) is 4.67. The van der Waals surface area contributed by atoms with E-state index in [-0.39, 0.29) is 6.29 Å². The Hall–Kier alpha value is -0.850. The number of nitrogens with two attached hydrogens (primary N) is 1. The summed E-state index contributed by atoms with van der Waals surface area (Å²) in [6, 6.07) is 5.51. The van der Waals surface area contributed by atoms with Crippen LogP contribution in [0.4, 0.5) is 5.69 Å². The molecule has 0 amide bonds. The van der Waals surface area contributed by atoms with Gasteiger partial charge in [0.05, 0.1) is 26.4 Å². The van der Waals surface area contributed by atoms with Gasteiger partial charge in [0.2, 0.25) is 0 Å². The fourth-order valence-corrected chi connectivity index (χ4v) is 1.91. The number of hydrogen-bond donors (Lipinski definition) is 1. The maximum atomic E-state index is 5.92. The van der Waals surface area contributed by atoms with Crippen molar-refractivity contribution in [2.24, 2.45) is 0 Å². The van der Waals surface area contributed by atoms with E-state index in [0.717, 1.165) is 12.0 Å². The molecular formula is C14H22ClNO4. The van der Waals surface area contributed by atoms with Gasteiger partial charge in [-0.2, -0.15) is 0 Å². The lowest BCUT2D eigenvalue weighted by atomic mass is 10.1. The molecule has 2 N–H and O–H groups in total. The second kappa shape index (κ2) is 9.96. The molecule has 0 aliphatic carbocycles. The molecule has 0 bridgehead atoms. The number of nitrogen functional groups attached to an aromatic ring is 1. The van der Waals surface area contributed by atoms with Gasteiger partial charge in [0.15, 0.2) is 6.29 Å². The highest BCUT2D eigenvalue weighted by atomic mass is 35.5. The number of ether oxygens (including phenoxy) is 4. The van der Waals surface area contributed by atoms with Gasteiger partial charge in [0.25, 0.3) is 0 Å². The minimum atomic E-state index is -0.329. The lowest BCUT2D eigenvalue weighted by Gasteiger charge is -2.13. The number of hydrogen-bond acceptors (Lipinski definition) is 5. The van der Waals surface area contributed by atoms with E-state index < -0.39 is 0 Å². The van der Waals surface area contributed by atoms with Gasteiger partial charge in [-0.15, -0.1) is 0 Å². The van der Waals surface area contributed by atoms with E-state index in [2.05, 4.69) is 0 Å². The molecule has 0 saturated carbocycles. The number of halogens is 1. The Morgan fingerprint density at radius 1 is 1.05 bits per heavy atom. The van der Waals surface area contributed by atoms with Crippen molar-refractivity contribution in [1.82, 2.24) is 0 Å². The standard InChI is InChI=1S/C14H22ClNO4/c1-17-14(18-2)10-20-6-5-19-4-3-11-7-12(15)9-13(16)8-11/h7-9,14H,3-6,10,16H2,1-2H3. The van der Waals surface area contributed by atoms with E-state index in [4.69, 9.17) is 36.3 Å². The molecule has 0 aromatic heterocycles. The van der Waals surface area contributed by atoms with E-state index in [1.54, 1.807) is 20.3 Å². The van der Waals surface area contributed by atoms with E-state index in [1.165, 1.54) is 0 Å². The molecule has 0 saturated heterocycles. The summed E-state index contributed by atoms with van der Waals surface area (Å²) in [5.74, 6) is 0. The Balaban J connectivity index is 2.07. The first-order valence-corrected chi connectivity index (χ1v) is 6.79. The minimum absolute atomic E-state index is 0.329. The van der Waals surface area contributed by atoms with Crippen LogP contribution in [0, 0.1) is 0 Å². The molecule has 114 valence electrons. The van der Waals surface area contributed by atoms with Crippen LogP contribution in [-0.2, 0) is 25.4 Å². The van der Waals surface area contributed by atoms with E-state index in [0.29, 0.717) is 37.1 Å². The van der Waals surface area contributed by atoms with E-state index in [9.17, 15) is 0 Å². The van der Waals surface area contributed by atoms with Crippen LogP contribution in [0.5, 0.6) is 0 Å². The molecule has 0 aliphatic rings. The van der Waals surface area contributed by atoms with E-state index >= 15 is 0 Å². The van der Waals surface area contributed by atoms with Gasteiger partial charge in [-0.05, 0) is 30.2 Å². The van der Waals surface area contributed by atoms with Gasteiger partial charge in [0, 0.05) is 24.9 Å². The topological polar surface area (TPSA) is 62.9 Å². The lowest BCUT2D eigenvalue weighted by molar-refractivity contribution is -0.143. The van der Waals surface area contributed by atoms with Crippen molar-refractivity contribution in [2.45, 2.75) is 12.7 Å². The highest BCUT2D eigenvalue weighted by molar-refractivity contribution is 6.30. The van der Waals surface area contributed by atoms with Gasteiger partial charge in [-0.1, -0.05) is 11.6 Å². The van der Waals surface area contributed by atoms with Gasteiger partial charge in [-0.25, -0.2) is 0 Å². The number of benzene rings is 1. The first-order chi connectivity index (χ1) is 9.65. The Bertz CT molecular complexity index is 365. The molecule has 0 spiro atoms. The zero-order valence-corrected chi connectivity index (χ0v) is 12.7. The third-order valence-corrected chi connectivity index (χ3v) is 2.88. The fourth-order valence-electron chi connectivity index (χ4n) is 1.64. The van der Waals surface area contributed by atoms with Gasteiger partial charge in [0.1, 0.15) is 0 Å². The molecule has 0 unspecified atom stereocenters. The Morgan fingerprint density at radius 3 is 2.40 bits per heavy atom. The van der Waals surface area contributed by atoms with Gasteiger partial charge in [-0.3, -0.25) is 0 Å². The van der Waals surface area contributed by atoms with Crippen molar-refractivity contribution in [3.8, 4) is 0 Å². The summed E-state index contributed by atoms with van der Waals surface area (Å²) in [6.45, 7) is 2.01. The molecule has 1 aromatic rings. The summed E-state index contributed by atoms with van der Waals surface area (Å²) in [5, 5.41) is 0.647. The average molecular weight is 304 g/mol. The molecule has 1 rings (SSSR count). The van der Waals surface area contributed by atoms with E-state index in [1.807, 2.05) is 12.1 Å². The predicted molar refractivity (Wildman–Crippen MR) is 79.0 cm³/mol. The molecule has 20 heavy (non-hydrogen) atoms. The van der Waals surface area contributed by atoms with Crippen molar-refractivity contribution in [1.29, 1.82) is 0 Å². The average Bonchev–Trinajstić information content (AvgIpc) is 2.41. The SMILES string of the molecule is COC(COCCOCCc1cc(N)cc(Cl)c1)OC. The number of anilines is 1. The van der Waals surface area contributed by atoms with Crippen LogP contribution in [0.2, 0.25) is 5.02 Å². The summed E-state index contributed by atoms with van der Waals surface area (Å²) < 4.78 is 20.8. The van der Waals surface area contributed by atoms with Crippen molar-refractivity contribution in [2.75, 3.05) is 46.4 Å². The first kappa shape index (κ1) is 17.2. The number of methoxy groups -OCH3 is 2. The molecule has 0 aliphatic heterocycles. The van der Waals surface area contributed by atoms with Gasteiger partial charge < -0.3 is 24.7 Å². The largest absolute Gasteiger partial charge is 0.399 e. The van der Waals surface area contributed by atoms with Crippen molar-refractivity contribution in [3.05, 3.63) is 28.8 Å². The molecule has 0 atom stereocenters. The Morgan fingerprint density at radius 2 is 1.75 bits per heavy atom. The smallest absolute Gasteiger partial charge is 0.180 e. The Labute approximate surface area is 124 Å². The normalized spacial score (nSPS) is 11.2. The molecular weight excluding hydrogens is 282 g/mol. The zero-order valence-electron chi connectivity index (χ0n) is 11.9. The minimum Gasteiger partial charge on any atom is -0.399 e. The quantitative estimate of drug-likeness (QED) is 0.407. The van der Waals surface area contributed by atoms with Crippen LogP contribution >= 0.6 is 11.6 Å². The first-order valence-electron chi connectivity index (χ1n) is 6.41. The maximum absolute atomic E-state index is 5.92. The molecule has 0 heterocycles. The maximum Gasteiger partial charge on any atom is 0.180 e. The fraction of sp³-hybridized carbons (Fsp3) is 0.571. The summed E-state index contributed by atoms with van der Waals surface area (Å²) in [5.41, 5.74) is 7.45. The Kier molecular flexibility index (Phi) is 8.57. The van der Waals surface area contributed by atoms with Gasteiger partial charge >= 0.3 is 0 Å². The highest BCUT2D eigenvalue weighted by Gasteiger charge is 2.04. The van der Waals surface area contributed by atoms with Crippen LogP contribution < -0.4 is 5.73 Å². The van der Waals surface area contributed by atoms with Crippen molar-refractivity contribution in [3.63, 3.8) is 0 Å². The second-order valence-electron chi connectivity index (χ2n) is 4.23. The molecule has 0 fully saturated rings. The summed E-state index contributed by atoms with van der Waals surface area (Å²) in [4.78, 5) is 0. The van der Waals surface area contributed by atoms with Crippen LogP contribution in [-0.4, -0.2) is 46.9 Å². The molecule has 6 heteroatoms. The van der Waals surface area contributed by atoms with Crippen LogP contribution in [0.15, 0.2) is 18.2 Å². The van der Waals surface area contributed by atoms with Crippen LogP contribution in [0.3, 0.4) is 0 Å². The van der Waals surface area contributed by atoms with Crippen LogP contribution in [0.25, 0.3) is 0 Å². The summed E-state index contributed by atoms with van der Waals surface area (Å²) >= 11 is 5.92. The zero-order chi connectivity index (χ0) is 14.8. The summed E-state index contributed by atoms with van der Waals surface area (Å²) in [6.07, 6.45) is 0.438. The number of rotatable bonds is 10. The lowest BCUT2D eigenvalue weighted by Crippen LogP contribution is -2.21.